The molecular formula is C29H30F3N3O2S. The molecule has 9 heteroatoms. The molecule has 4 rings (SSSR count). The summed E-state index contributed by atoms with van der Waals surface area (Å²) in [6, 6.07) is 13.0. The van der Waals surface area contributed by atoms with E-state index in [1.807, 2.05) is 30.1 Å². The van der Waals surface area contributed by atoms with E-state index in [1.165, 1.54) is 24.0 Å². The van der Waals surface area contributed by atoms with Gasteiger partial charge in [-0.1, -0.05) is 24.3 Å². The summed E-state index contributed by atoms with van der Waals surface area (Å²) in [5, 5.41) is 0. The van der Waals surface area contributed by atoms with Gasteiger partial charge in [-0.15, -0.1) is 0 Å². The minimum absolute atomic E-state index is 0.251. The summed E-state index contributed by atoms with van der Waals surface area (Å²) in [5.74, 6) is 3.35. The van der Waals surface area contributed by atoms with Gasteiger partial charge in [-0.25, -0.2) is 9.97 Å². The zero-order valence-corrected chi connectivity index (χ0v) is 22.0. The lowest BCUT2D eigenvalue weighted by molar-refractivity contribution is -0.137. The number of alkyl halides is 3. The molecular weight excluding hydrogens is 511 g/mol. The number of aryl methyl sites for hydroxylation is 3. The van der Waals surface area contributed by atoms with Gasteiger partial charge in [0.2, 0.25) is 5.89 Å². The van der Waals surface area contributed by atoms with Crippen molar-refractivity contribution >= 4 is 23.9 Å². The van der Waals surface area contributed by atoms with Crippen molar-refractivity contribution in [1.82, 2.24) is 14.5 Å². The highest BCUT2D eigenvalue weighted by Gasteiger charge is 2.29. The Hall–Kier alpha value is -3.46. The van der Waals surface area contributed by atoms with Crippen LogP contribution in [-0.2, 0) is 32.2 Å². The first-order valence-electron chi connectivity index (χ1n) is 12.4. The van der Waals surface area contributed by atoms with E-state index in [0.717, 1.165) is 61.7 Å². The van der Waals surface area contributed by atoms with Gasteiger partial charge in [-0.2, -0.15) is 24.9 Å². The number of thioether (sulfide) groups is 1. The first kappa shape index (κ1) is 27.6. The predicted molar refractivity (Wildman–Crippen MR) is 145 cm³/mol. The Kier molecular flexibility index (Phi) is 9.70. The number of halogens is 3. The van der Waals surface area contributed by atoms with Crippen LogP contribution in [0.5, 0.6) is 5.75 Å². The second kappa shape index (κ2) is 13.4. The van der Waals surface area contributed by atoms with Gasteiger partial charge in [0, 0.05) is 37.2 Å². The lowest BCUT2D eigenvalue weighted by atomic mass is 10.1. The maximum Gasteiger partial charge on any atom is 0.416 e. The maximum atomic E-state index is 12.7. The molecule has 0 radical (unpaired) electrons. The SMILES string of the molecule is CSCCc1nccn1CCCCc1ccc(OCc2coc(C=Cc3ccc(C(F)(F)F)cc3)n2)cc1. The first-order chi connectivity index (χ1) is 18.4. The van der Waals surface area contributed by atoms with Crippen molar-refractivity contribution in [3.8, 4) is 5.75 Å². The molecule has 0 unspecified atom stereocenters. The minimum Gasteiger partial charge on any atom is -0.487 e. The number of aromatic nitrogens is 3. The molecule has 0 amide bonds. The number of hydrogen-bond donors (Lipinski definition) is 0. The Balaban J connectivity index is 1.19. The van der Waals surface area contributed by atoms with Crippen LogP contribution in [0.4, 0.5) is 13.2 Å². The molecule has 38 heavy (non-hydrogen) atoms. The highest BCUT2D eigenvalue weighted by molar-refractivity contribution is 7.98. The zero-order valence-electron chi connectivity index (χ0n) is 21.2. The summed E-state index contributed by atoms with van der Waals surface area (Å²) in [7, 11) is 0. The Bertz CT molecular complexity index is 1300. The van der Waals surface area contributed by atoms with Gasteiger partial charge in [-0.05, 0) is 67.0 Å². The van der Waals surface area contributed by atoms with Crippen molar-refractivity contribution in [3.05, 3.63) is 101 Å². The molecule has 0 atom stereocenters. The minimum atomic E-state index is -4.35. The average molecular weight is 542 g/mol. The molecule has 0 aliphatic rings. The number of imidazole rings is 1. The third-order valence-electron chi connectivity index (χ3n) is 5.98. The number of nitrogens with zero attached hydrogens (tertiary/aromatic N) is 3. The van der Waals surface area contributed by atoms with Crippen LogP contribution in [0.3, 0.4) is 0 Å². The van der Waals surface area contributed by atoms with Crippen molar-refractivity contribution in [1.29, 1.82) is 0 Å². The highest BCUT2D eigenvalue weighted by atomic mass is 32.2. The molecule has 0 bridgehead atoms. The van der Waals surface area contributed by atoms with E-state index < -0.39 is 11.7 Å². The molecule has 2 heterocycles. The Morgan fingerprint density at radius 1 is 1.00 bits per heavy atom. The van der Waals surface area contributed by atoms with Gasteiger partial charge in [0.25, 0.3) is 0 Å². The smallest absolute Gasteiger partial charge is 0.416 e. The Labute approximate surface area is 224 Å². The van der Waals surface area contributed by atoms with Gasteiger partial charge in [0.1, 0.15) is 30.1 Å². The second-order valence-electron chi connectivity index (χ2n) is 8.80. The molecule has 0 aliphatic carbocycles. The summed E-state index contributed by atoms with van der Waals surface area (Å²) >= 11 is 1.84. The van der Waals surface area contributed by atoms with E-state index >= 15 is 0 Å². The highest BCUT2D eigenvalue weighted by Crippen LogP contribution is 2.29. The first-order valence-corrected chi connectivity index (χ1v) is 13.8. The maximum absolute atomic E-state index is 12.7. The number of benzene rings is 2. The van der Waals surface area contributed by atoms with Crippen LogP contribution >= 0.6 is 11.8 Å². The summed E-state index contributed by atoms with van der Waals surface area (Å²) in [4.78, 5) is 8.80. The van der Waals surface area contributed by atoms with Crippen molar-refractivity contribution < 1.29 is 22.3 Å². The van der Waals surface area contributed by atoms with Crippen LogP contribution in [0.1, 0.15) is 46.9 Å². The molecule has 0 spiro atoms. The molecule has 2 aromatic carbocycles. The van der Waals surface area contributed by atoms with Gasteiger partial charge in [0.15, 0.2) is 0 Å². The molecule has 0 fully saturated rings. The van der Waals surface area contributed by atoms with Crippen LogP contribution in [0.25, 0.3) is 12.2 Å². The number of oxazole rings is 1. The molecule has 0 saturated carbocycles. The van der Waals surface area contributed by atoms with Gasteiger partial charge in [0.05, 0.1) is 5.56 Å². The summed E-state index contributed by atoms with van der Waals surface area (Å²) in [5.41, 5.74) is 1.83. The van der Waals surface area contributed by atoms with Crippen LogP contribution < -0.4 is 4.74 Å². The molecule has 5 nitrogen and oxygen atoms in total. The zero-order chi connectivity index (χ0) is 26.8. The van der Waals surface area contributed by atoms with Crippen molar-refractivity contribution in [3.63, 3.8) is 0 Å². The van der Waals surface area contributed by atoms with Crippen molar-refractivity contribution in [2.75, 3.05) is 12.0 Å². The molecule has 0 N–H and O–H groups in total. The van der Waals surface area contributed by atoms with Crippen LogP contribution in [0.15, 0.2) is 71.6 Å². The Morgan fingerprint density at radius 2 is 1.79 bits per heavy atom. The van der Waals surface area contributed by atoms with E-state index in [1.54, 1.807) is 12.2 Å². The number of hydrogen-bond acceptors (Lipinski definition) is 5. The fraction of sp³-hybridized carbons (Fsp3) is 0.310. The topological polar surface area (TPSA) is 53.1 Å². The fourth-order valence-corrected chi connectivity index (χ4v) is 4.29. The van der Waals surface area contributed by atoms with Gasteiger partial charge < -0.3 is 13.7 Å². The normalized spacial score (nSPS) is 11.9. The molecule has 0 aliphatic heterocycles. The predicted octanol–water partition coefficient (Wildman–Crippen LogP) is 7.57. The van der Waals surface area contributed by atoms with Crippen LogP contribution in [0.2, 0.25) is 0 Å². The number of rotatable bonds is 13. The summed E-state index contributed by atoms with van der Waals surface area (Å²) in [6.07, 6.45) is 10.7. The Morgan fingerprint density at radius 3 is 2.53 bits per heavy atom. The molecule has 0 saturated heterocycles. The third kappa shape index (κ3) is 8.28. The van der Waals surface area contributed by atoms with Crippen molar-refractivity contribution in [2.45, 2.75) is 45.0 Å². The lowest BCUT2D eigenvalue weighted by Gasteiger charge is -2.08. The third-order valence-corrected chi connectivity index (χ3v) is 6.59. The van der Waals surface area contributed by atoms with Crippen molar-refractivity contribution in [2.24, 2.45) is 0 Å². The lowest BCUT2D eigenvalue weighted by Crippen LogP contribution is -2.05. The van der Waals surface area contributed by atoms with Crippen LogP contribution in [-0.4, -0.2) is 26.5 Å². The monoisotopic (exact) mass is 541 g/mol. The van der Waals surface area contributed by atoms with E-state index in [0.29, 0.717) is 17.1 Å². The average Bonchev–Trinajstić information content (AvgIpc) is 3.57. The van der Waals surface area contributed by atoms with E-state index in [-0.39, 0.29) is 6.61 Å². The summed E-state index contributed by atoms with van der Waals surface area (Å²) in [6.45, 7) is 1.24. The molecule has 2 aromatic heterocycles. The van der Waals surface area contributed by atoms with E-state index in [4.69, 9.17) is 9.15 Å². The molecule has 200 valence electrons. The molecule has 4 aromatic rings. The van der Waals surface area contributed by atoms with Gasteiger partial charge >= 0.3 is 6.18 Å². The quantitative estimate of drug-likeness (QED) is 0.163. The number of ether oxygens (including phenoxy) is 1. The largest absolute Gasteiger partial charge is 0.487 e. The van der Waals surface area contributed by atoms with Gasteiger partial charge in [-0.3, -0.25) is 0 Å². The van der Waals surface area contributed by atoms with E-state index in [2.05, 4.69) is 39.1 Å². The summed E-state index contributed by atoms with van der Waals surface area (Å²) < 4.78 is 51.5. The standard InChI is InChI=1S/C29H30F3N3O2S/c1-38-19-15-27-33-16-18-35(27)17-3-2-4-22-7-12-26(13-8-22)36-20-25-21-37-28(34-25)14-9-23-5-10-24(11-6-23)29(30,31)32/h5-14,16,18,21H,2-4,15,17,19-20H2,1H3. The van der Waals surface area contributed by atoms with E-state index in [9.17, 15) is 13.2 Å². The second-order valence-corrected chi connectivity index (χ2v) is 9.79. The number of unbranched alkanes of at least 4 members (excludes halogenated alkanes) is 1. The van der Waals surface area contributed by atoms with Crippen LogP contribution in [0, 0.1) is 0 Å². The fourth-order valence-electron chi connectivity index (χ4n) is 3.90.